The molecule has 1 rings (SSSR count). The van der Waals surface area contributed by atoms with Crippen LogP contribution >= 0.6 is 0 Å². The van der Waals surface area contributed by atoms with Crippen LogP contribution in [0.5, 0.6) is 0 Å². The number of nitrogens with one attached hydrogen (secondary N) is 2. The summed E-state index contributed by atoms with van der Waals surface area (Å²) in [6.07, 6.45) is 4.76. The summed E-state index contributed by atoms with van der Waals surface area (Å²) in [5, 5.41) is 14.3. The van der Waals surface area contributed by atoms with E-state index in [1.54, 1.807) is 0 Å². The Morgan fingerprint density at radius 3 is 2.65 bits per heavy atom. The first-order valence-corrected chi connectivity index (χ1v) is 6.53. The number of hydrogen-bond acceptors (Lipinski definition) is 3. The Bertz CT molecular complexity index is 206. The van der Waals surface area contributed by atoms with Crippen LogP contribution in [0.4, 0.5) is 4.79 Å². The number of urea groups is 1. The average Bonchev–Trinajstić information content (AvgIpc) is 2.37. The van der Waals surface area contributed by atoms with Gasteiger partial charge in [0.15, 0.2) is 0 Å². The Hall–Kier alpha value is -0.810. The first kappa shape index (κ1) is 14.3. The Labute approximate surface area is 103 Å². The predicted octanol–water partition coefficient (Wildman–Crippen LogP) is 0.875. The van der Waals surface area contributed by atoms with Crippen LogP contribution in [0.15, 0.2) is 0 Å². The smallest absolute Gasteiger partial charge is 0.314 e. The van der Waals surface area contributed by atoms with Crippen molar-refractivity contribution >= 4 is 6.03 Å². The van der Waals surface area contributed by atoms with Crippen molar-refractivity contribution < 1.29 is 14.6 Å². The molecule has 0 radical (unpaired) electrons. The first-order chi connectivity index (χ1) is 8.33. The van der Waals surface area contributed by atoms with E-state index in [-0.39, 0.29) is 12.6 Å². The molecule has 1 aliphatic rings. The van der Waals surface area contributed by atoms with Crippen LogP contribution in [-0.4, -0.2) is 44.0 Å². The van der Waals surface area contributed by atoms with Gasteiger partial charge in [0.25, 0.3) is 0 Å². The fraction of sp³-hybridized carbons (Fsp3) is 0.917. The van der Waals surface area contributed by atoms with Crippen molar-refractivity contribution in [1.82, 2.24) is 10.6 Å². The predicted molar refractivity (Wildman–Crippen MR) is 65.9 cm³/mol. The highest BCUT2D eigenvalue weighted by atomic mass is 16.5. The quantitative estimate of drug-likeness (QED) is 0.582. The molecule has 0 atom stereocenters. The zero-order chi connectivity index (χ0) is 12.3. The van der Waals surface area contributed by atoms with Gasteiger partial charge in [0.2, 0.25) is 0 Å². The maximum absolute atomic E-state index is 11.4. The van der Waals surface area contributed by atoms with E-state index in [0.717, 1.165) is 51.9 Å². The number of amides is 2. The summed E-state index contributed by atoms with van der Waals surface area (Å²) in [6.45, 7) is 3.28. The minimum atomic E-state index is -0.0829. The fourth-order valence-corrected chi connectivity index (χ4v) is 1.87. The molecule has 1 heterocycles. The number of aliphatic hydroxyl groups is 1. The number of unbranched alkanes of at least 4 members (excludes halogenated alkanes) is 2. The third-order valence-corrected chi connectivity index (χ3v) is 3.01. The third-order valence-electron chi connectivity index (χ3n) is 3.01. The second-order valence-electron chi connectivity index (χ2n) is 4.48. The van der Waals surface area contributed by atoms with Crippen LogP contribution in [0.2, 0.25) is 0 Å². The number of hydrogen-bond donors (Lipinski definition) is 3. The van der Waals surface area contributed by atoms with Crippen LogP contribution < -0.4 is 10.6 Å². The van der Waals surface area contributed by atoms with Crippen molar-refractivity contribution in [3.8, 4) is 0 Å². The summed E-state index contributed by atoms with van der Waals surface area (Å²) >= 11 is 0. The van der Waals surface area contributed by atoms with Crippen LogP contribution in [0, 0.1) is 5.92 Å². The van der Waals surface area contributed by atoms with Crippen molar-refractivity contribution in [3.05, 3.63) is 0 Å². The summed E-state index contributed by atoms with van der Waals surface area (Å²) < 4.78 is 5.26. The molecular formula is C12H24N2O3. The van der Waals surface area contributed by atoms with Crippen LogP contribution in [0.1, 0.15) is 32.1 Å². The fourth-order valence-electron chi connectivity index (χ4n) is 1.87. The molecule has 0 aromatic rings. The molecule has 1 aliphatic heterocycles. The monoisotopic (exact) mass is 244 g/mol. The molecule has 0 unspecified atom stereocenters. The molecule has 0 saturated carbocycles. The van der Waals surface area contributed by atoms with Gasteiger partial charge in [0, 0.05) is 32.9 Å². The van der Waals surface area contributed by atoms with Gasteiger partial charge < -0.3 is 20.5 Å². The second-order valence-corrected chi connectivity index (χ2v) is 4.48. The van der Waals surface area contributed by atoms with E-state index in [1.807, 2.05) is 0 Å². The van der Waals surface area contributed by atoms with Gasteiger partial charge in [-0.3, -0.25) is 0 Å². The summed E-state index contributed by atoms with van der Waals surface area (Å²) in [4.78, 5) is 11.4. The summed E-state index contributed by atoms with van der Waals surface area (Å²) in [5.41, 5.74) is 0. The van der Waals surface area contributed by atoms with Gasteiger partial charge in [-0.15, -0.1) is 0 Å². The molecule has 0 spiro atoms. The normalized spacial score (nSPS) is 16.8. The van der Waals surface area contributed by atoms with Crippen molar-refractivity contribution in [2.24, 2.45) is 5.92 Å². The lowest BCUT2D eigenvalue weighted by Gasteiger charge is -2.22. The minimum Gasteiger partial charge on any atom is -0.396 e. The summed E-state index contributed by atoms with van der Waals surface area (Å²) in [6, 6.07) is -0.0829. The van der Waals surface area contributed by atoms with Gasteiger partial charge in [-0.25, -0.2) is 4.79 Å². The molecule has 3 N–H and O–H groups in total. The van der Waals surface area contributed by atoms with Crippen LogP contribution in [0.3, 0.4) is 0 Å². The number of rotatable bonds is 7. The van der Waals surface area contributed by atoms with Gasteiger partial charge in [0.1, 0.15) is 0 Å². The summed E-state index contributed by atoms with van der Waals surface area (Å²) in [5.74, 6) is 0.559. The topological polar surface area (TPSA) is 70.6 Å². The zero-order valence-electron chi connectivity index (χ0n) is 10.4. The Morgan fingerprint density at radius 1 is 1.18 bits per heavy atom. The molecule has 0 aromatic carbocycles. The van der Waals surface area contributed by atoms with Crippen molar-refractivity contribution in [2.75, 3.05) is 32.9 Å². The molecule has 5 nitrogen and oxygen atoms in total. The Kier molecular flexibility index (Phi) is 7.75. The molecule has 0 bridgehead atoms. The molecule has 17 heavy (non-hydrogen) atoms. The van der Waals surface area contributed by atoms with Crippen molar-refractivity contribution in [2.45, 2.75) is 32.1 Å². The molecule has 100 valence electrons. The molecule has 0 aliphatic carbocycles. The van der Waals surface area contributed by atoms with Gasteiger partial charge >= 0.3 is 6.03 Å². The molecule has 1 saturated heterocycles. The lowest BCUT2D eigenvalue weighted by Crippen LogP contribution is -2.39. The maximum Gasteiger partial charge on any atom is 0.314 e. The lowest BCUT2D eigenvalue weighted by molar-refractivity contribution is 0.0669. The number of carbonyl (C=O) groups excluding carboxylic acids is 1. The second kappa shape index (κ2) is 9.24. The van der Waals surface area contributed by atoms with Crippen molar-refractivity contribution in [1.29, 1.82) is 0 Å². The van der Waals surface area contributed by atoms with Gasteiger partial charge in [-0.05, 0) is 38.0 Å². The van der Waals surface area contributed by atoms with E-state index in [4.69, 9.17) is 9.84 Å². The summed E-state index contributed by atoms with van der Waals surface area (Å²) in [7, 11) is 0. The molecule has 1 fully saturated rings. The number of aliphatic hydroxyl groups excluding tert-OH is 1. The Balaban J connectivity index is 1.93. The van der Waals surface area contributed by atoms with Gasteiger partial charge in [-0.1, -0.05) is 0 Å². The highest BCUT2D eigenvalue weighted by Gasteiger charge is 2.14. The molecular weight excluding hydrogens is 220 g/mol. The highest BCUT2D eigenvalue weighted by molar-refractivity contribution is 5.73. The number of carbonyl (C=O) groups is 1. The van der Waals surface area contributed by atoms with Crippen LogP contribution in [-0.2, 0) is 4.74 Å². The Morgan fingerprint density at radius 2 is 1.94 bits per heavy atom. The standard InChI is InChI=1S/C12H24N2O3/c15-7-3-1-2-6-13-12(16)14-10-11-4-8-17-9-5-11/h11,15H,1-10H2,(H2,13,14,16). The van der Waals surface area contributed by atoms with E-state index in [9.17, 15) is 4.79 Å². The largest absolute Gasteiger partial charge is 0.396 e. The van der Waals surface area contributed by atoms with Gasteiger partial charge in [0.05, 0.1) is 0 Å². The van der Waals surface area contributed by atoms with Crippen molar-refractivity contribution in [3.63, 3.8) is 0 Å². The SMILES string of the molecule is O=C(NCCCCCO)NCC1CCOCC1. The highest BCUT2D eigenvalue weighted by Crippen LogP contribution is 2.12. The molecule has 2 amide bonds. The van der Waals surface area contributed by atoms with E-state index >= 15 is 0 Å². The minimum absolute atomic E-state index is 0.0829. The molecule has 5 heteroatoms. The van der Waals surface area contributed by atoms with E-state index in [2.05, 4.69) is 10.6 Å². The van der Waals surface area contributed by atoms with E-state index < -0.39 is 0 Å². The van der Waals surface area contributed by atoms with E-state index in [1.165, 1.54) is 0 Å². The van der Waals surface area contributed by atoms with E-state index in [0.29, 0.717) is 12.5 Å². The zero-order valence-corrected chi connectivity index (χ0v) is 10.4. The average molecular weight is 244 g/mol. The third kappa shape index (κ3) is 7.18. The first-order valence-electron chi connectivity index (χ1n) is 6.53. The molecule has 0 aromatic heterocycles. The number of ether oxygens (including phenoxy) is 1. The van der Waals surface area contributed by atoms with Gasteiger partial charge in [-0.2, -0.15) is 0 Å². The van der Waals surface area contributed by atoms with Crippen LogP contribution in [0.25, 0.3) is 0 Å². The lowest BCUT2D eigenvalue weighted by atomic mass is 10.0. The maximum atomic E-state index is 11.4.